The van der Waals surface area contributed by atoms with Gasteiger partial charge in [0, 0.05) is 43.8 Å². The van der Waals surface area contributed by atoms with Gasteiger partial charge < -0.3 is 14.5 Å². The molecule has 0 radical (unpaired) electrons. The van der Waals surface area contributed by atoms with Crippen LogP contribution in [-0.2, 0) is 4.74 Å². The van der Waals surface area contributed by atoms with Gasteiger partial charge in [0.2, 0.25) is 5.95 Å². The molecular formula is C17H20N4O2. The largest absolute Gasteiger partial charge is 0.465 e. The summed E-state index contributed by atoms with van der Waals surface area (Å²) in [5.41, 5.74) is 1.68. The lowest BCUT2D eigenvalue weighted by Crippen LogP contribution is -2.52. The first-order valence-corrected chi connectivity index (χ1v) is 7.66. The Morgan fingerprint density at radius 3 is 2.48 bits per heavy atom. The van der Waals surface area contributed by atoms with Crippen LogP contribution in [0.5, 0.6) is 0 Å². The molecule has 1 aromatic heterocycles. The van der Waals surface area contributed by atoms with Crippen LogP contribution in [0.4, 0.5) is 11.6 Å². The molecule has 0 saturated carbocycles. The quantitative estimate of drug-likeness (QED) is 0.808. The summed E-state index contributed by atoms with van der Waals surface area (Å²) in [7, 11) is 1.39. The van der Waals surface area contributed by atoms with Crippen LogP contribution in [0.1, 0.15) is 17.3 Å². The van der Waals surface area contributed by atoms with E-state index < -0.39 is 0 Å². The van der Waals surface area contributed by atoms with Crippen molar-refractivity contribution in [1.82, 2.24) is 9.97 Å². The van der Waals surface area contributed by atoms with E-state index in [1.54, 1.807) is 24.5 Å². The number of ether oxygens (including phenoxy) is 1. The molecule has 120 valence electrons. The molecule has 1 aliphatic heterocycles. The molecular weight excluding hydrogens is 292 g/mol. The normalized spacial score (nSPS) is 17.9. The predicted octanol–water partition coefficient (Wildman–Crippen LogP) is 1.98. The fourth-order valence-electron chi connectivity index (χ4n) is 2.85. The van der Waals surface area contributed by atoms with Gasteiger partial charge in [-0.2, -0.15) is 0 Å². The van der Waals surface area contributed by atoms with Crippen molar-refractivity contribution < 1.29 is 9.53 Å². The molecule has 1 saturated heterocycles. The first-order valence-electron chi connectivity index (χ1n) is 7.66. The lowest BCUT2D eigenvalue weighted by atomic mass is 10.1. The maximum atomic E-state index is 11.5. The first kappa shape index (κ1) is 15.3. The summed E-state index contributed by atoms with van der Waals surface area (Å²) in [6, 6.07) is 9.68. The fraction of sp³-hybridized carbons (Fsp3) is 0.353. The number of carbonyl (C=O) groups excluding carboxylic acids is 1. The monoisotopic (exact) mass is 312 g/mol. The van der Waals surface area contributed by atoms with Gasteiger partial charge in [-0.1, -0.05) is 0 Å². The minimum Gasteiger partial charge on any atom is -0.465 e. The molecule has 6 nitrogen and oxygen atoms in total. The van der Waals surface area contributed by atoms with E-state index >= 15 is 0 Å². The number of hydrogen-bond acceptors (Lipinski definition) is 6. The summed E-state index contributed by atoms with van der Waals surface area (Å²) in [5, 5.41) is 0. The Morgan fingerprint density at radius 2 is 1.87 bits per heavy atom. The standard InChI is InChI=1S/C17H20N4O2/c1-13-12-20(10-11-21(13)17-18-8-3-9-19-17)15-6-4-14(5-7-15)16(22)23-2/h3-9,13H,10-12H2,1-2H3/t13-/m1/s1. The van der Waals surface area contributed by atoms with Crippen LogP contribution in [0, 0.1) is 0 Å². The highest BCUT2D eigenvalue weighted by atomic mass is 16.5. The van der Waals surface area contributed by atoms with E-state index in [9.17, 15) is 4.79 Å². The number of nitrogens with zero attached hydrogens (tertiary/aromatic N) is 4. The molecule has 1 atom stereocenters. The number of esters is 1. The Kier molecular flexibility index (Phi) is 4.41. The van der Waals surface area contributed by atoms with Crippen LogP contribution >= 0.6 is 0 Å². The number of rotatable bonds is 3. The van der Waals surface area contributed by atoms with Gasteiger partial charge in [-0.05, 0) is 37.3 Å². The van der Waals surface area contributed by atoms with E-state index in [1.807, 2.05) is 18.2 Å². The van der Waals surface area contributed by atoms with Gasteiger partial charge in [-0.3, -0.25) is 0 Å². The Bertz CT molecular complexity index is 660. The number of hydrogen-bond donors (Lipinski definition) is 0. The Morgan fingerprint density at radius 1 is 1.17 bits per heavy atom. The van der Waals surface area contributed by atoms with E-state index in [4.69, 9.17) is 4.74 Å². The zero-order valence-electron chi connectivity index (χ0n) is 13.3. The third-order valence-electron chi connectivity index (χ3n) is 4.09. The van der Waals surface area contributed by atoms with Gasteiger partial charge >= 0.3 is 5.97 Å². The van der Waals surface area contributed by atoms with Crippen molar-refractivity contribution in [3.63, 3.8) is 0 Å². The lowest BCUT2D eigenvalue weighted by molar-refractivity contribution is 0.0601. The number of carbonyl (C=O) groups is 1. The highest BCUT2D eigenvalue weighted by Gasteiger charge is 2.25. The summed E-state index contributed by atoms with van der Waals surface area (Å²) < 4.78 is 4.73. The Hall–Kier alpha value is -2.63. The van der Waals surface area contributed by atoms with Gasteiger partial charge in [0.25, 0.3) is 0 Å². The molecule has 3 rings (SSSR count). The average Bonchev–Trinajstić information content (AvgIpc) is 2.62. The molecule has 0 bridgehead atoms. The highest BCUT2D eigenvalue weighted by Crippen LogP contribution is 2.22. The SMILES string of the molecule is COC(=O)c1ccc(N2CCN(c3ncccn3)[C@H](C)C2)cc1. The van der Waals surface area contributed by atoms with Crippen molar-refractivity contribution in [2.24, 2.45) is 0 Å². The number of piperazine rings is 1. The Labute approximate surface area is 135 Å². The van der Waals surface area contributed by atoms with Crippen molar-refractivity contribution in [3.8, 4) is 0 Å². The second-order valence-corrected chi connectivity index (χ2v) is 5.58. The summed E-state index contributed by atoms with van der Waals surface area (Å²) in [6.07, 6.45) is 3.54. The molecule has 0 spiro atoms. The summed E-state index contributed by atoms with van der Waals surface area (Å²) >= 11 is 0. The van der Waals surface area contributed by atoms with Crippen LogP contribution in [0.25, 0.3) is 0 Å². The van der Waals surface area contributed by atoms with Gasteiger partial charge in [0.1, 0.15) is 0 Å². The molecule has 23 heavy (non-hydrogen) atoms. The van der Waals surface area contributed by atoms with Crippen LogP contribution in [0.3, 0.4) is 0 Å². The minimum absolute atomic E-state index is 0.309. The number of anilines is 2. The predicted molar refractivity (Wildman–Crippen MR) is 88.8 cm³/mol. The molecule has 1 aromatic carbocycles. The van der Waals surface area contributed by atoms with Crippen molar-refractivity contribution >= 4 is 17.6 Å². The van der Waals surface area contributed by atoms with Crippen LogP contribution in [0.2, 0.25) is 0 Å². The van der Waals surface area contributed by atoms with Crippen molar-refractivity contribution in [1.29, 1.82) is 0 Å². The van der Waals surface area contributed by atoms with Gasteiger partial charge in [0.05, 0.1) is 12.7 Å². The molecule has 1 fully saturated rings. The van der Waals surface area contributed by atoms with Crippen LogP contribution in [-0.4, -0.2) is 48.7 Å². The first-order chi connectivity index (χ1) is 11.2. The average molecular weight is 312 g/mol. The van der Waals surface area contributed by atoms with E-state index in [0.717, 1.165) is 31.3 Å². The molecule has 2 aromatic rings. The smallest absolute Gasteiger partial charge is 0.337 e. The topological polar surface area (TPSA) is 58.6 Å². The lowest BCUT2D eigenvalue weighted by Gasteiger charge is -2.41. The summed E-state index contributed by atoms with van der Waals surface area (Å²) in [5.74, 6) is 0.469. The van der Waals surface area contributed by atoms with Gasteiger partial charge in [-0.25, -0.2) is 14.8 Å². The van der Waals surface area contributed by atoms with Crippen molar-refractivity contribution in [2.45, 2.75) is 13.0 Å². The third kappa shape index (κ3) is 3.26. The van der Waals surface area contributed by atoms with Crippen LogP contribution in [0.15, 0.2) is 42.7 Å². The molecule has 0 unspecified atom stereocenters. The molecule has 1 aliphatic rings. The maximum absolute atomic E-state index is 11.5. The van der Waals surface area contributed by atoms with Crippen LogP contribution < -0.4 is 9.80 Å². The Balaban J connectivity index is 1.69. The molecule has 2 heterocycles. The third-order valence-corrected chi connectivity index (χ3v) is 4.09. The molecule has 0 aliphatic carbocycles. The van der Waals surface area contributed by atoms with Crippen molar-refractivity contribution in [2.75, 3.05) is 36.5 Å². The second-order valence-electron chi connectivity index (χ2n) is 5.58. The number of aromatic nitrogens is 2. The fourth-order valence-corrected chi connectivity index (χ4v) is 2.85. The molecule has 0 amide bonds. The zero-order chi connectivity index (χ0) is 16.2. The van der Waals surface area contributed by atoms with E-state index in [-0.39, 0.29) is 5.97 Å². The summed E-state index contributed by atoms with van der Waals surface area (Å²) in [4.78, 5) is 24.7. The molecule has 0 N–H and O–H groups in total. The highest BCUT2D eigenvalue weighted by molar-refractivity contribution is 5.89. The maximum Gasteiger partial charge on any atom is 0.337 e. The van der Waals surface area contributed by atoms with Gasteiger partial charge in [0.15, 0.2) is 0 Å². The number of methoxy groups -OCH3 is 1. The molecule has 6 heteroatoms. The van der Waals surface area contributed by atoms with E-state index in [1.165, 1.54) is 7.11 Å². The van der Waals surface area contributed by atoms with Crippen molar-refractivity contribution in [3.05, 3.63) is 48.3 Å². The minimum atomic E-state index is -0.309. The number of benzene rings is 1. The second kappa shape index (κ2) is 6.64. The van der Waals surface area contributed by atoms with E-state index in [2.05, 4.69) is 26.7 Å². The van der Waals surface area contributed by atoms with Gasteiger partial charge in [-0.15, -0.1) is 0 Å². The zero-order valence-corrected chi connectivity index (χ0v) is 13.3. The summed E-state index contributed by atoms with van der Waals surface area (Å²) in [6.45, 7) is 4.81. The van der Waals surface area contributed by atoms with E-state index in [0.29, 0.717) is 11.6 Å².